The highest BCUT2D eigenvalue weighted by molar-refractivity contribution is 7.89. The molecule has 1 fully saturated rings. The van der Waals surface area contributed by atoms with Crippen molar-refractivity contribution >= 4 is 38.4 Å². The van der Waals surface area contributed by atoms with Crippen molar-refractivity contribution in [2.45, 2.75) is 43.7 Å². The summed E-state index contributed by atoms with van der Waals surface area (Å²) in [7, 11) is -4.08. The molecule has 1 aromatic carbocycles. The molecule has 1 atom stereocenters. The van der Waals surface area contributed by atoms with E-state index in [0.717, 1.165) is 18.2 Å². The van der Waals surface area contributed by atoms with E-state index in [4.69, 9.17) is 11.6 Å². The zero-order valence-corrected chi connectivity index (χ0v) is 19.9. The van der Waals surface area contributed by atoms with Crippen molar-refractivity contribution in [2.75, 3.05) is 13.1 Å². The predicted molar refractivity (Wildman–Crippen MR) is 126 cm³/mol. The number of aromatic amines is 1. The quantitative estimate of drug-likeness (QED) is 0.531. The molecule has 0 aliphatic carbocycles. The van der Waals surface area contributed by atoms with E-state index in [0.29, 0.717) is 36.8 Å². The number of aromatic nitrogens is 2. The molecular weight excluding hydrogens is 462 g/mol. The number of likely N-dealkylation sites (tertiary alicyclic amines) is 1. The highest BCUT2D eigenvalue weighted by Gasteiger charge is 2.32. The van der Waals surface area contributed by atoms with Gasteiger partial charge in [0.2, 0.25) is 15.9 Å². The number of sulfonamides is 1. The van der Waals surface area contributed by atoms with E-state index < -0.39 is 16.1 Å². The van der Waals surface area contributed by atoms with E-state index in [1.165, 1.54) is 6.07 Å². The summed E-state index contributed by atoms with van der Waals surface area (Å²) in [5, 5.41) is 10.2. The van der Waals surface area contributed by atoms with E-state index in [9.17, 15) is 18.5 Å². The molecule has 1 aliphatic rings. The van der Waals surface area contributed by atoms with E-state index in [2.05, 4.69) is 22.7 Å². The number of carbonyl (C=O) groups excluding carboxylic acids is 1. The number of H-pyrrole nitrogens is 1. The molecule has 0 bridgehead atoms. The Labute approximate surface area is 198 Å². The number of hydrogen-bond donors (Lipinski definition) is 2. The van der Waals surface area contributed by atoms with E-state index >= 15 is 0 Å². The van der Waals surface area contributed by atoms with Gasteiger partial charge in [0.05, 0.1) is 5.02 Å². The van der Waals surface area contributed by atoms with Crippen LogP contribution >= 0.6 is 11.6 Å². The summed E-state index contributed by atoms with van der Waals surface area (Å²) in [4.78, 5) is 18.0. The molecule has 1 unspecified atom stereocenters. The second-order valence-electron chi connectivity index (χ2n) is 8.52. The number of aryl methyl sites for hydroxylation is 1. The molecule has 1 saturated heterocycles. The van der Waals surface area contributed by atoms with Crippen molar-refractivity contribution < 1.29 is 13.2 Å². The summed E-state index contributed by atoms with van der Waals surface area (Å²) >= 11 is 6.30. The molecule has 3 heterocycles. The number of nitrogens with zero attached hydrogens (tertiary/aromatic N) is 3. The van der Waals surface area contributed by atoms with Crippen molar-refractivity contribution in [3.63, 3.8) is 0 Å². The third-order valence-corrected chi connectivity index (χ3v) is 8.13. The molecule has 0 saturated carbocycles. The lowest BCUT2D eigenvalue weighted by Crippen LogP contribution is -2.51. The Bertz CT molecular complexity index is 1300. The van der Waals surface area contributed by atoms with Crippen molar-refractivity contribution in [1.82, 2.24) is 19.2 Å². The number of amides is 1. The second kappa shape index (κ2) is 9.59. The zero-order valence-electron chi connectivity index (χ0n) is 18.3. The van der Waals surface area contributed by atoms with Gasteiger partial charge in [-0.15, -0.1) is 0 Å². The zero-order chi connectivity index (χ0) is 23.6. The highest BCUT2D eigenvalue weighted by Crippen LogP contribution is 2.27. The predicted octanol–water partition coefficient (Wildman–Crippen LogP) is 3.49. The fraction of sp³-hybridized carbons (Fsp3) is 0.391. The highest BCUT2D eigenvalue weighted by atomic mass is 35.5. The van der Waals surface area contributed by atoms with Crippen LogP contribution in [-0.2, 0) is 21.4 Å². The maximum Gasteiger partial charge on any atom is 0.242 e. The number of benzene rings is 1. The Morgan fingerprint density at radius 3 is 2.82 bits per heavy atom. The van der Waals surface area contributed by atoms with Crippen LogP contribution in [-0.4, -0.2) is 47.9 Å². The van der Waals surface area contributed by atoms with Crippen molar-refractivity contribution in [3.05, 3.63) is 53.4 Å². The summed E-state index contributed by atoms with van der Waals surface area (Å²) < 4.78 is 30.9. The molecule has 8 nitrogen and oxygen atoms in total. The van der Waals surface area contributed by atoms with E-state index in [-0.39, 0.29) is 22.2 Å². The number of rotatable bonds is 7. The largest absolute Gasteiger partial charge is 0.361 e. The number of nitrogens with one attached hydrogen (secondary N) is 2. The number of fused-ring (bicyclic) bond motifs is 1. The molecule has 4 rings (SSSR count). The summed E-state index contributed by atoms with van der Waals surface area (Å²) in [6.45, 7) is 3.67. The summed E-state index contributed by atoms with van der Waals surface area (Å²) in [5.74, 6) is 0.279. The Morgan fingerprint density at radius 1 is 1.33 bits per heavy atom. The SMILES string of the molecule is CC1CCN(C(=O)C(CCn2cccc2C#N)NS(=O)(=O)c2cc3[nH]ccc3cc2Cl)CC1. The van der Waals surface area contributed by atoms with Crippen LogP contribution in [0.1, 0.15) is 31.9 Å². The van der Waals surface area contributed by atoms with Crippen LogP contribution in [0.25, 0.3) is 10.9 Å². The Kier molecular flexibility index (Phi) is 6.79. The fourth-order valence-electron chi connectivity index (χ4n) is 4.17. The van der Waals surface area contributed by atoms with Crippen LogP contribution in [0, 0.1) is 17.2 Å². The van der Waals surface area contributed by atoms with Crippen LogP contribution in [0.15, 0.2) is 47.6 Å². The first-order chi connectivity index (χ1) is 15.8. The Balaban J connectivity index is 1.60. The molecule has 0 spiro atoms. The number of halogens is 1. The number of hydrogen-bond acceptors (Lipinski definition) is 4. The second-order valence-corrected chi connectivity index (χ2v) is 10.6. The lowest BCUT2D eigenvalue weighted by atomic mass is 9.98. The number of nitriles is 1. The van der Waals surface area contributed by atoms with Gasteiger partial charge in [-0.2, -0.15) is 9.98 Å². The van der Waals surface area contributed by atoms with Crippen molar-refractivity contribution in [2.24, 2.45) is 5.92 Å². The Hall–Kier alpha value is -2.80. The van der Waals surface area contributed by atoms with Gasteiger partial charge in [-0.1, -0.05) is 18.5 Å². The summed E-state index contributed by atoms with van der Waals surface area (Å²) in [5.41, 5.74) is 1.09. The molecule has 10 heteroatoms. The summed E-state index contributed by atoms with van der Waals surface area (Å²) in [6, 6.07) is 9.42. The molecule has 2 aromatic heterocycles. The first-order valence-corrected chi connectivity index (χ1v) is 12.8. The normalized spacial score (nSPS) is 16.1. The topological polar surface area (TPSA) is 111 Å². The fourth-order valence-corrected chi connectivity index (χ4v) is 5.96. The first kappa shape index (κ1) is 23.4. The van der Waals surface area contributed by atoms with Gasteiger partial charge in [-0.05, 0) is 55.5 Å². The van der Waals surface area contributed by atoms with Gasteiger partial charge in [0, 0.05) is 42.9 Å². The van der Waals surface area contributed by atoms with Gasteiger partial charge in [0.25, 0.3) is 0 Å². The number of piperidine rings is 1. The monoisotopic (exact) mass is 487 g/mol. The van der Waals surface area contributed by atoms with Crippen molar-refractivity contribution in [1.29, 1.82) is 5.26 Å². The van der Waals surface area contributed by atoms with Crippen LogP contribution in [0.2, 0.25) is 5.02 Å². The maximum absolute atomic E-state index is 13.4. The smallest absolute Gasteiger partial charge is 0.242 e. The van der Waals surface area contributed by atoms with Gasteiger partial charge in [-0.3, -0.25) is 4.79 Å². The van der Waals surface area contributed by atoms with Crippen LogP contribution in [0.3, 0.4) is 0 Å². The van der Waals surface area contributed by atoms with E-state index in [1.807, 2.05) is 0 Å². The average Bonchev–Trinajstić information content (AvgIpc) is 3.44. The minimum absolute atomic E-state index is 0.0807. The lowest BCUT2D eigenvalue weighted by Gasteiger charge is -2.33. The average molecular weight is 488 g/mol. The molecule has 1 amide bonds. The van der Waals surface area contributed by atoms with Gasteiger partial charge in [-0.25, -0.2) is 8.42 Å². The lowest BCUT2D eigenvalue weighted by molar-refractivity contribution is -0.134. The molecule has 1 aliphatic heterocycles. The molecular formula is C23H26ClN5O3S. The molecule has 0 radical (unpaired) electrons. The maximum atomic E-state index is 13.4. The molecule has 33 heavy (non-hydrogen) atoms. The van der Waals surface area contributed by atoms with Crippen LogP contribution in [0.5, 0.6) is 0 Å². The van der Waals surface area contributed by atoms with Gasteiger partial charge >= 0.3 is 0 Å². The Morgan fingerprint density at radius 2 is 2.09 bits per heavy atom. The molecule has 2 N–H and O–H groups in total. The van der Waals surface area contributed by atoms with Gasteiger partial charge in [0.15, 0.2) is 0 Å². The van der Waals surface area contributed by atoms with Gasteiger partial charge < -0.3 is 14.5 Å². The van der Waals surface area contributed by atoms with Gasteiger partial charge in [0.1, 0.15) is 22.7 Å². The third-order valence-electron chi connectivity index (χ3n) is 6.19. The minimum atomic E-state index is -4.08. The molecule has 174 valence electrons. The van der Waals surface area contributed by atoms with E-state index in [1.54, 1.807) is 46.1 Å². The van der Waals surface area contributed by atoms with Crippen molar-refractivity contribution in [3.8, 4) is 6.07 Å². The minimum Gasteiger partial charge on any atom is -0.361 e. The van der Waals surface area contributed by atoms with Crippen LogP contribution < -0.4 is 4.72 Å². The molecule has 3 aromatic rings. The number of carbonyl (C=O) groups is 1. The van der Waals surface area contributed by atoms with Crippen LogP contribution in [0.4, 0.5) is 0 Å². The summed E-state index contributed by atoms with van der Waals surface area (Å²) in [6.07, 6.45) is 5.43. The standard InChI is InChI=1S/C23H26ClN5O3S/c1-16-5-10-29(11-6-16)23(30)20(7-12-28-9-2-3-18(28)15-25)27-33(31,32)22-14-21-17(4-8-26-21)13-19(22)24/h2-4,8-9,13-14,16,20,26-27H,5-7,10-12H2,1H3. The third kappa shape index (κ3) is 5.08. The first-order valence-electron chi connectivity index (χ1n) is 10.9.